The van der Waals surface area contributed by atoms with Crippen LogP contribution in [0, 0.1) is 0 Å². The maximum Gasteiger partial charge on any atom is 0.253 e. The van der Waals surface area contributed by atoms with Crippen LogP contribution in [0.2, 0.25) is 10.0 Å². The van der Waals surface area contributed by atoms with Gasteiger partial charge in [0, 0.05) is 43.2 Å². The van der Waals surface area contributed by atoms with Crippen LogP contribution >= 0.6 is 23.2 Å². The van der Waals surface area contributed by atoms with Crippen LogP contribution in [0.1, 0.15) is 29.6 Å². The summed E-state index contributed by atoms with van der Waals surface area (Å²) in [6.45, 7) is 2.81. The molecule has 5 nitrogen and oxygen atoms in total. The highest BCUT2D eigenvalue weighted by Gasteiger charge is 2.22. The molecule has 1 heterocycles. The molecule has 3 rings (SSSR count). The Labute approximate surface area is 181 Å². The van der Waals surface area contributed by atoms with Crippen LogP contribution in [0.3, 0.4) is 0 Å². The Kier molecular flexibility index (Phi) is 7.78. The molecule has 0 bridgehead atoms. The van der Waals surface area contributed by atoms with Gasteiger partial charge in [0.05, 0.1) is 11.6 Å². The first kappa shape index (κ1) is 21.5. The number of para-hydroxylation sites is 1. The van der Waals surface area contributed by atoms with Crippen molar-refractivity contribution in [1.82, 2.24) is 9.80 Å². The molecular weight excluding hydrogens is 411 g/mol. The molecule has 0 N–H and O–H groups in total. The predicted octanol–water partition coefficient (Wildman–Crippen LogP) is 4.53. The third kappa shape index (κ3) is 6.12. The molecule has 2 amide bonds. The van der Waals surface area contributed by atoms with Crippen LogP contribution in [0.5, 0.6) is 5.75 Å². The number of ether oxygens (including phenoxy) is 1. The number of nitrogens with zero attached hydrogens (tertiary/aromatic N) is 2. The first-order chi connectivity index (χ1) is 14.0. The van der Waals surface area contributed by atoms with Crippen molar-refractivity contribution >= 4 is 35.0 Å². The van der Waals surface area contributed by atoms with Crippen LogP contribution in [-0.4, -0.2) is 54.4 Å². The van der Waals surface area contributed by atoms with E-state index in [1.807, 2.05) is 23.1 Å². The minimum absolute atomic E-state index is 0.0240. The normalized spacial score (nSPS) is 14.4. The smallest absolute Gasteiger partial charge is 0.253 e. The topological polar surface area (TPSA) is 49.9 Å². The number of carbonyl (C=O) groups is 2. The Bertz CT molecular complexity index is 842. The molecule has 1 aliphatic rings. The summed E-state index contributed by atoms with van der Waals surface area (Å²) in [6.07, 6.45) is 1.80. The van der Waals surface area contributed by atoms with Crippen molar-refractivity contribution in [1.29, 1.82) is 0 Å². The fourth-order valence-corrected chi connectivity index (χ4v) is 3.59. The third-order valence-electron chi connectivity index (χ3n) is 4.86. The summed E-state index contributed by atoms with van der Waals surface area (Å²) in [5, 5.41) is 1.17. The zero-order chi connectivity index (χ0) is 20.6. The van der Waals surface area contributed by atoms with Gasteiger partial charge in [-0.2, -0.15) is 0 Å². The summed E-state index contributed by atoms with van der Waals surface area (Å²) in [7, 11) is 0. The average molecular weight is 435 g/mol. The standard InChI is InChI=1S/C22H24Cl2N2O3/c23-18-10-8-17(9-11-18)22(28)26-13-4-12-25(14-15-26)21(27)7-3-16-29-20-6-2-1-5-19(20)24/h1-2,5-6,8-11H,3-4,7,12-16H2. The van der Waals surface area contributed by atoms with Gasteiger partial charge in [-0.15, -0.1) is 0 Å². The second-order valence-corrected chi connectivity index (χ2v) is 7.76. The highest BCUT2D eigenvalue weighted by Crippen LogP contribution is 2.23. The van der Waals surface area contributed by atoms with Gasteiger partial charge in [0.25, 0.3) is 5.91 Å². The minimum atomic E-state index is -0.0240. The van der Waals surface area contributed by atoms with E-state index in [1.54, 1.807) is 35.2 Å². The predicted molar refractivity (Wildman–Crippen MR) is 115 cm³/mol. The zero-order valence-corrected chi connectivity index (χ0v) is 17.7. The van der Waals surface area contributed by atoms with E-state index < -0.39 is 0 Å². The summed E-state index contributed by atoms with van der Waals surface area (Å²) in [5.41, 5.74) is 0.617. The molecule has 0 spiro atoms. The number of halogens is 2. The van der Waals surface area contributed by atoms with E-state index in [2.05, 4.69) is 0 Å². The van der Waals surface area contributed by atoms with Gasteiger partial charge in [0.2, 0.25) is 5.91 Å². The second-order valence-electron chi connectivity index (χ2n) is 6.92. The summed E-state index contributed by atoms with van der Waals surface area (Å²) in [6, 6.07) is 14.2. The first-order valence-electron chi connectivity index (χ1n) is 9.74. The largest absolute Gasteiger partial charge is 0.492 e. The van der Waals surface area contributed by atoms with Gasteiger partial charge in [-0.05, 0) is 49.2 Å². The van der Waals surface area contributed by atoms with E-state index in [0.717, 1.165) is 6.42 Å². The van der Waals surface area contributed by atoms with E-state index in [0.29, 0.717) is 67.0 Å². The van der Waals surface area contributed by atoms with E-state index in [9.17, 15) is 9.59 Å². The van der Waals surface area contributed by atoms with Crippen LogP contribution in [0.15, 0.2) is 48.5 Å². The molecular formula is C22H24Cl2N2O3. The molecule has 1 aliphatic heterocycles. The molecule has 2 aromatic rings. The summed E-state index contributed by atoms with van der Waals surface area (Å²) in [5.74, 6) is 0.699. The first-order valence-corrected chi connectivity index (χ1v) is 10.5. The van der Waals surface area contributed by atoms with Gasteiger partial charge in [-0.3, -0.25) is 9.59 Å². The fraction of sp³-hybridized carbons (Fsp3) is 0.364. The van der Waals surface area contributed by atoms with Gasteiger partial charge in [-0.25, -0.2) is 0 Å². The Morgan fingerprint density at radius 2 is 1.59 bits per heavy atom. The molecule has 0 atom stereocenters. The van der Waals surface area contributed by atoms with Crippen LogP contribution in [0.25, 0.3) is 0 Å². The third-order valence-corrected chi connectivity index (χ3v) is 5.42. The van der Waals surface area contributed by atoms with Gasteiger partial charge in [-0.1, -0.05) is 35.3 Å². The molecule has 0 aromatic heterocycles. The summed E-state index contributed by atoms with van der Waals surface area (Å²) >= 11 is 12.0. The molecule has 0 unspecified atom stereocenters. The van der Waals surface area contributed by atoms with Crippen molar-refractivity contribution in [3.05, 3.63) is 64.1 Å². The Hall–Kier alpha value is -2.24. The van der Waals surface area contributed by atoms with Gasteiger partial charge < -0.3 is 14.5 Å². The number of hydrogen-bond donors (Lipinski definition) is 0. The Morgan fingerprint density at radius 3 is 2.34 bits per heavy atom. The van der Waals surface area contributed by atoms with E-state index in [-0.39, 0.29) is 11.8 Å². The lowest BCUT2D eigenvalue weighted by atomic mass is 10.2. The number of carbonyl (C=O) groups excluding carboxylic acids is 2. The van der Waals surface area contributed by atoms with Crippen LogP contribution in [0.4, 0.5) is 0 Å². The number of hydrogen-bond acceptors (Lipinski definition) is 3. The van der Waals surface area contributed by atoms with E-state index in [4.69, 9.17) is 27.9 Å². The number of rotatable bonds is 6. The monoisotopic (exact) mass is 434 g/mol. The maximum atomic E-state index is 12.7. The molecule has 0 aliphatic carbocycles. The van der Waals surface area contributed by atoms with Gasteiger partial charge >= 0.3 is 0 Å². The van der Waals surface area contributed by atoms with E-state index >= 15 is 0 Å². The molecule has 0 radical (unpaired) electrons. The molecule has 1 fully saturated rings. The Balaban J connectivity index is 1.43. The zero-order valence-electron chi connectivity index (χ0n) is 16.2. The van der Waals surface area contributed by atoms with Crippen molar-refractivity contribution in [3.63, 3.8) is 0 Å². The lowest BCUT2D eigenvalue weighted by Crippen LogP contribution is -2.37. The van der Waals surface area contributed by atoms with E-state index in [1.165, 1.54) is 0 Å². The minimum Gasteiger partial charge on any atom is -0.492 e. The molecule has 7 heteroatoms. The molecule has 1 saturated heterocycles. The van der Waals surface area contributed by atoms with Crippen molar-refractivity contribution in [3.8, 4) is 5.75 Å². The summed E-state index contributed by atoms with van der Waals surface area (Å²) in [4.78, 5) is 28.8. The lowest BCUT2D eigenvalue weighted by molar-refractivity contribution is -0.131. The van der Waals surface area contributed by atoms with Crippen molar-refractivity contribution in [2.24, 2.45) is 0 Å². The molecule has 0 saturated carbocycles. The van der Waals surface area contributed by atoms with Crippen molar-refractivity contribution in [2.45, 2.75) is 19.3 Å². The SMILES string of the molecule is O=C(CCCOc1ccccc1Cl)N1CCCN(C(=O)c2ccc(Cl)cc2)CC1. The highest BCUT2D eigenvalue weighted by atomic mass is 35.5. The summed E-state index contributed by atoms with van der Waals surface area (Å²) < 4.78 is 5.64. The molecule has 154 valence electrons. The molecule has 29 heavy (non-hydrogen) atoms. The number of amides is 2. The quantitative estimate of drug-likeness (QED) is 0.627. The number of benzene rings is 2. The maximum absolute atomic E-state index is 12.7. The van der Waals surface area contributed by atoms with Crippen molar-refractivity contribution in [2.75, 3.05) is 32.8 Å². The second kappa shape index (κ2) is 10.5. The van der Waals surface area contributed by atoms with Gasteiger partial charge in [0.1, 0.15) is 5.75 Å². The molecule has 2 aromatic carbocycles. The van der Waals surface area contributed by atoms with Crippen molar-refractivity contribution < 1.29 is 14.3 Å². The fourth-order valence-electron chi connectivity index (χ4n) is 3.27. The Morgan fingerprint density at radius 1 is 0.897 bits per heavy atom. The van der Waals surface area contributed by atoms with Gasteiger partial charge in [0.15, 0.2) is 0 Å². The van der Waals surface area contributed by atoms with Crippen LogP contribution < -0.4 is 4.74 Å². The highest BCUT2D eigenvalue weighted by molar-refractivity contribution is 6.32. The lowest BCUT2D eigenvalue weighted by Gasteiger charge is -2.22. The van der Waals surface area contributed by atoms with Crippen LogP contribution in [-0.2, 0) is 4.79 Å². The average Bonchev–Trinajstić information content (AvgIpc) is 2.99.